The molecule has 0 bridgehead atoms. The van der Waals surface area contributed by atoms with Gasteiger partial charge in [0.05, 0.1) is 43.3 Å². The van der Waals surface area contributed by atoms with E-state index in [0.717, 1.165) is 11.4 Å². The number of aromatic nitrogens is 4. The zero-order chi connectivity index (χ0) is 22.2. The minimum atomic E-state index is -0.571. The molecule has 2 aliphatic heterocycles. The Balaban J connectivity index is 1.46. The van der Waals surface area contributed by atoms with Crippen molar-refractivity contribution in [1.82, 2.24) is 24.6 Å². The third-order valence-corrected chi connectivity index (χ3v) is 5.33. The molecule has 4 heterocycles. The Bertz CT molecular complexity index is 955. The number of amides is 2. The Kier molecular flexibility index (Phi) is 5.55. The molecule has 2 amide bonds. The molecule has 10 nitrogen and oxygen atoms in total. The van der Waals surface area contributed by atoms with Crippen molar-refractivity contribution >= 4 is 17.7 Å². The van der Waals surface area contributed by atoms with E-state index in [2.05, 4.69) is 15.1 Å². The summed E-state index contributed by atoms with van der Waals surface area (Å²) in [6, 6.07) is 1.97. The SMILES string of the molecule is CC1Cn2ncc(N3CC(COc4ncccn4)CC3=O)c2CN1C(=O)OC(C)(C)C. The fourth-order valence-electron chi connectivity index (χ4n) is 3.86. The van der Waals surface area contributed by atoms with Gasteiger partial charge in [-0.15, -0.1) is 0 Å². The van der Waals surface area contributed by atoms with Crippen LogP contribution in [0, 0.1) is 5.92 Å². The predicted molar refractivity (Wildman–Crippen MR) is 111 cm³/mol. The highest BCUT2D eigenvalue weighted by Crippen LogP contribution is 2.32. The molecule has 1 fully saturated rings. The number of hydrogen-bond donors (Lipinski definition) is 0. The summed E-state index contributed by atoms with van der Waals surface area (Å²) in [6.45, 7) is 9.28. The minimum absolute atomic E-state index is 0.0146. The van der Waals surface area contributed by atoms with Crippen molar-refractivity contribution < 1.29 is 19.1 Å². The normalized spacial score (nSPS) is 21.2. The van der Waals surface area contributed by atoms with Crippen molar-refractivity contribution in [2.75, 3.05) is 18.1 Å². The molecule has 0 aromatic carbocycles. The zero-order valence-electron chi connectivity index (χ0n) is 18.3. The van der Waals surface area contributed by atoms with E-state index in [9.17, 15) is 9.59 Å². The van der Waals surface area contributed by atoms with Crippen LogP contribution < -0.4 is 9.64 Å². The van der Waals surface area contributed by atoms with Crippen molar-refractivity contribution in [3.05, 3.63) is 30.4 Å². The molecule has 0 aliphatic carbocycles. The highest BCUT2D eigenvalue weighted by molar-refractivity contribution is 5.96. The largest absolute Gasteiger partial charge is 0.463 e. The number of ether oxygens (including phenoxy) is 2. The average Bonchev–Trinajstić information content (AvgIpc) is 3.27. The first-order chi connectivity index (χ1) is 14.7. The molecular formula is C21H28N6O4. The van der Waals surface area contributed by atoms with Crippen LogP contribution in [-0.2, 0) is 22.6 Å². The second-order valence-corrected chi connectivity index (χ2v) is 9.03. The lowest BCUT2D eigenvalue weighted by Gasteiger charge is -2.36. The van der Waals surface area contributed by atoms with E-state index >= 15 is 0 Å². The molecule has 4 rings (SSSR count). The van der Waals surface area contributed by atoms with Crippen LogP contribution >= 0.6 is 0 Å². The summed E-state index contributed by atoms with van der Waals surface area (Å²) in [5, 5.41) is 4.47. The molecule has 1 saturated heterocycles. The first-order valence-electron chi connectivity index (χ1n) is 10.5. The number of carbonyl (C=O) groups is 2. The molecule has 2 aromatic rings. The summed E-state index contributed by atoms with van der Waals surface area (Å²) < 4.78 is 13.1. The van der Waals surface area contributed by atoms with Crippen molar-refractivity contribution in [1.29, 1.82) is 0 Å². The monoisotopic (exact) mass is 428 g/mol. The molecule has 2 unspecified atom stereocenters. The fourth-order valence-corrected chi connectivity index (χ4v) is 3.86. The second kappa shape index (κ2) is 8.16. The van der Waals surface area contributed by atoms with E-state index < -0.39 is 5.60 Å². The van der Waals surface area contributed by atoms with E-state index in [1.54, 1.807) is 34.5 Å². The smallest absolute Gasteiger partial charge is 0.410 e. The summed E-state index contributed by atoms with van der Waals surface area (Å²) in [4.78, 5) is 37.0. The summed E-state index contributed by atoms with van der Waals surface area (Å²) in [6.07, 6.45) is 4.96. The highest BCUT2D eigenvalue weighted by Gasteiger charge is 2.37. The Morgan fingerprint density at radius 1 is 1.23 bits per heavy atom. The second-order valence-electron chi connectivity index (χ2n) is 9.03. The third kappa shape index (κ3) is 4.62. The van der Waals surface area contributed by atoms with Gasteiger partial charge < -0.3 is 14.4 Å². The van der Waals surface area contributed by atoms with Gasteiger partial charge in [-0.2, -0.15) is 5.10 Å². The Morgan fingerprint density at radius 2 is 1.97 bits per heavy atom. The van der Waals surface area contributed by atoms with Crippen molar-refractivity contribution in [2.24, 2.45) is 5.92 Å². The van der Waals surface area contributed by atoms with Crippen molar-refractivity contribution in [3.63, 3.8) is 0 Å². The Labute approximate surface area is 181 Å². The summed E-state index contributed by atoms with van der Waals surface area (Å²) >= 11 is 0. The predicted octanol–water partition coefficient (Wildman–Crippen LogP) is 2.24. The number of carbonyl (C=O) groups excluding carboxylic acids is 2. The maximum Gasteiger partial charge on any atom is 0.410 e. The van der Waals surface area contributed by atoms with Gasteiger partial charge in [0.25, 0.3) is 0 Å². The topological polar surface area (TPSA) is 103 Å². The lowest BCUT2D eigenvalue weighted by atomic mass is 10.1. The molecule has 31 heavy (non-hydrogen) atoms. The van der Waals surface area contributed by atoms with Gasteiger partial charge in [-0.25, -0.2) is 14.8 Å². The first-order valence-corrected chi connectivity index (χ1v) is 10.5. The van der Waals surface area contributed by atoms with Crippen LogP contribution in [0.25, 0.3) is 0 Å². The van der Waals surface area contributed by atoms with E-state index in [0.29, 0.717) is 38.7 Å². The molecule has 166 valence electrons. The number of anilines is 1. The van der Waals surface area contributed by atoms with Gasteiger partial charge in [0.15, 0.2) is 0 Å². The van der Waals surface area contributed by atoms with Gasteiger partial charge in [0.2, 0.25) is 5.91 Å². The molecule has 0 saturated carbocycles. The van der Waals surface area contributed by atoms with Crippen LogP contribution in [0.4, 0.5) is 10.5 Å². The molecule has 0 N–H and O–H groups in total. The average molecular weight is 428 g/mol. The van der Waals surface area contributed by atoms with Crippen LogP contribution in [0.3, 0.4) is 0 Å². The van der Waals surface area contributed by atoms with E-state index in [1.807, 2.05) is 32.4 Å². The highest BCUT2D eigenvalue weighted by atomic mass is 16.6. The van der Waals surface area contributed by atoms with Gasteiger partial charge in [-0.1, -0.05) is 0 Å². The van der Waals surface area contributed by atoms with Crippen molar-refractivity contribution in [2.45, 2.75) is 58.8 Å². The quantitative estimate of drug-likeness (QED) is 0.736. The standard InChI is InChI=1S/C21H28N6O4/c1-14-10-27-17(12-25(14)20(29)31-21(2,3)4)16(9-24-27)26-11-15(8-18(26)28)13-30-19-22-6-5-7-23-19/h5-7,9,14-15H,8,10-13H2,1-4H3. The van der Waals surface area contributed by atoms with E-state index in [4.69, 9.17) is 9.47 Å². The molecule has 0 spiro atoms. The van der Waals surface area contributed by atoms with Crippen LogP contribution in [0.5, 0.6) is 6.01 Å². The summed E-state index contributed by atoms with van der Waals surface area (Å²) in [5.74, 6) is 0.0390. The fraction of sp³-hybridized carbons (Fsp3) is 0.571. The summed E-state index contributed by atoms with van der Waals surface area (Å²) in [5.41, 5.74) is 1.01. The number of fused-ring (bicyclic) bond motifs is 1. The molecular weight excluding hydrogens is 400 g/mol. The molecule has 10 heteroatoms. The van der Waals surface area contributed by atoms with Crippen molar-refractivity contribution in [3.8, 4) is 6.01 Å². The van der Waals surface area contributed by atoms with Crippen LogP contribution in [0.1, 0.15) is 39.8 Å². The van der Waals surface area contributed by atoms with Crippen LogP contribution in [0.15, 0.2) is 24.7 Å². The van der Waals surface area contributed by atoms with Gasteiger partial charge in [-0.05, 0) is 33.8 Å². The van der Waals surface area contributed by atoms with Gasteiger partial charge in [0.1, 0.15) is 5.60 Å². The molecule has 2 aliphatic rings. The van der Waals surface area contributed by atoms with Gasteiger partial charge >= 0.3 is 12.1 Å². The number of nitrogens with zero attached hydrogens (tertiary/aromatic N) is 6. The molecule has 0 radical (unpaired) electrons. The maximum absolute atomic E-state index is 12.7. The zero-order valence-corrected chi connectivity index (χ0v) is 18.3. The molecule has 2 atom stereocenters. The molecule has 2 aromatic heterocycles. The Morgan fingerprint density at radius 3 is 2.68 bits per heavy atom. The van der Waals surface area contributed by atoms with E-state index in [1.165, 1.54) is 0 Å². The number of rotatable bonds is 4. The maximum atomic E-state index is 12.7. The van der Waals surface area contributed by atoms with Crippen LogP contribution in [-0.4, -0.2) is 61.4 Å². The van der Waals surface area contributed by atoms with Gasteiger partial charge in [0, 0.05) is 31.3 Å². The van der Waals surface area contributed by atoms with Crippen LogP contribution in [0.2, 0.25) is 0 Å². The lowest BCUT2D eigenvalue weighted by Crippen LogP contribution is -2.47. The Hall–Kier alpha value is -3.17. The number of hydrogen-bond acceptors (Lipinski definition) is 7. The third-order valence-electron chi connectivity index (χ3n) is 5.33. The minimum Gasteiger partial charge on any atom is -0.463 e. The van der Waals surface area contributed by atoms with E-state index in [-0.39, 0.29) is 24.0 Å². The first kappa shape index (κ1) is 21.1. The van der Waals surface area contributed by atoms with Gasteiger partial charge in [-0.3, -0.25) is 14.4 Å². The summed E-state index contributed by atoms with van der Waals surface area (Å²) in [7, 11) is 0. The lowest BCUT2D eigenvalue weighted by molar-refractivity contribution is -0.117.